The van der Waals surface area contributed by atoms with Crippen LogP contribution >= 0.6 is 0 Å². The van der Waals surface area contributed by atoms with Crippen molar-refractivity contribution in [3.8, 4) is 5.75 Å². The van der Waals surface area contributed by atoms with Gasteiger partial charge >= 0.3 is 5.71 Å². The number of nitrogens with one attached hydrogen (secondary N) is 1. The predicted molar refractivity (Wildman–Crippen MR) is 143 cm³/mol. The zero-order valence-electron chi connectivity index (χ0n) is 20.6. The van der Waals surface area contributed by atoms with Crippen LogP contribution in [0.5, 0.6) is 5.75 Å². The molecule has 0 saturated carbocycles. The van der Waals surface area contributed by atoms with Gasteiger partial charge in [-0.05, 0) is 53.2 Å². The highest BCUT2D eigenvalue weighted by Gasteiger charge is 2.33. The van der Waals surface area contributed by atoms with Gasteiger partial charge in [0.1, 0.15) is 27.8 Å². The molecule has 1 aromatic carbocycles. The first-order chi connectivity index (χ1) is 18.8. The number of aromatic hydroxyl groups is 1. The molecule has 40 heavy (non-hydrogen) atoms. The molecule has 0 unspecified atom stereocenters. The van der Waals surface area contributed by atoms with Crippen molar-refractivity contribution in [1.29, 1.82) is 5.41 Å². The average molecular weight is 586 g/mol. The van der Waals surface area contributed by atoms with Gasteiger partial charge in [-0.25, -0.2) is 0 Å². The first-order valence-corrected chi connectivity index (χ1v) is 13.8. The van der Waals surface area contributed by atoms with E-state index in [0.29, 0.717) is 23.0 Å². The minimum Gasteiger partial charge on any atom is -0.507 e. The smallest absolute Gasteiger partial charge is 0.356 e. The van der Waals surface area contributed by atoms with Crippen LogP contribution in [0.3, 0.4) is 0 Å². The number of hydrogen-bond donors (Lipinski definition) is 4. The summed E-state index contributed by atoms with van der Waals surface area (Å²) in [6, 6.07) is 1.51. The van der Waals surface area contributed by atoms with Crippen LogP contribution in [0.2, 0.25) is 0 Å². The van der Waals surface area contributed by atoms with Crippen molar-refractivity contribution in [3.63, 3.8) is 0 Å². The zero-order valence-corrected chi connectivity index (χ0v) is 22.2. The molecule has 0 radical (unpaired) electrons. The number of nitrogens with zero attached hydrogens (tertiary/aromatic N) is 4. The molecule has 16 heteroatoms. The van der Waals surface area contributed by atoms with Gasteiger partial charge in [-0.1, -0.05) is 6.08 Å². The van der Waals surface area contributed by atoms with Crippen LogP contribution in [0, 0.1) is 5.41 Å². The van der Waals surface area contributed by atoms with Gasteiger partial charge in [-0.2, -0.15) is 21.6 Å². The van der Waals surface area contributed by atoms with E-state index < -0.39 is 47.2 Å². The van der Waals surface area contributed by atoms with Gasteiger partial charge < -0.3 is 20.1 Å². The number of hydrogen-bond acceptors (Lipinski definition) is 10. The Morgan fingerprint density at radius 3 is 2.08 bits per heavy atom. The number of phenols is 1. The first kappa shape index (κ1) is 28.3. The highest BCUT2D eigenvalue weighted by Crippen LogP contribution is 2.34. The molecule has 0 bridgehead atoms. The van der Waals surface area contributed by atoms with Gasteiger partial charge in [0.15, 0.2) is 0 Å². The van der Waals surface area contributed by atoms with Crippen molar-refractivity contribution in [2.75, 3.05) is 14.2 Å². The molecule has 0 aliphatic heterocycles. The predicted octanol–water partition coefficient (Wildman–Crippen LogP) is 2.21. The quantitative estimate of drug-likeness (QED) is 0.171. The fraction of sp³-hybridized carbons (Fsp3) is 0.0833. The van der Waals surface area contributed by atoms with E-state index in [1.807, 2.05) is 0 Å². The van der Waals surface area contributed by atoms with Gasteiger partial charge in [0.05, 0.1) is 30.4 Å². The summed E-state index contributed by atoms with van der Waals surface area (Å²) in [7, 11) is -7.03. The minimum absolute atomic E-state index is 0.104. The monoisotopic (exact) mass is 585 g/mol. The number of benzene rings is 1. The first-order valence-electron chi connectivity index (χ1n) is 10.9. The minimum atomic E-state index is -5.02. The Kier molecular flexibility index (Phi) is 7.38. The summed E-state index contributed by atoms with van der Waals surface area (Å²) in [5.41, 5.74) is 8.80. The topological polar surface area (TPSA) is 232 Å². The van der Waals surface area contributed by atoms with E-state index in [-0.39, 0.29) is 28.3 Å². The maximum Gasteiger partial charge on any atom is 0.356 e. The van der Waals surface area contributed by atoms with Crippen LogP contribution in [0.25, 0.3) is 11.6 Å². The third kappa shape index (κ3) is 5.38. The second-order valence-corrected chi connectivity index (χ2v) is 11.0. The maximum atomic E-state index is 12.1. The highest BCUT2D eigenvalue weighted by molar-refractivity contribution is 7.91. The van der Waals surface area contributed by atoms with E-state index in [0.717, 1.165) is 12.1 Å². The molecule has 4 rings (SSSR count). The number of rotatable bonds is 5. The molecule has 3 aliphatic carbocycles. The van der Waals surface area contributed by atoms with Crippen molar-refractivity contribution in [3.05, 3.63) is 92.8 Å². The lowest BCUT2D eigenvalue weighted by atomic mass is 9.93. The number of methoxy groups -OCH3 is 2. The van der Waals surface area contributed by atoms with Crippen LogP contribution in [0.1, 0.15) is 11.1 Å². The fourth-order valence-electron chi connectivity index (χ4n) is 3.89. The van der Waals surface area contributed by atoms with Crippen molar-refractivity contribution < 1.29 is 45.3 Å². The molecule has 0 aromatic heterocycles. The molecule has 206 valence electrons. The van der Waals surface area contributed by atoms with Gasteiger partial charge in [0.25, 0.3) is 20.2 Å². The number of allylic oxidation sites excluding steroid dienone is 9. The van der Waals surface area contributed by atoms with E-state index in [9.17, 15) is 31.0 Å². The number of phenolic OH excluding ortho intramolecular Hbond substituents is 1. The lowest BCUT2D eigenvalue weighted by Crippen LogP contribution is -2.26. The Hall–Kier alpha value is -4.73. The van der Waals surface area contributed by atoms with Crippen molar-refractivity contribution >= 4 is 49.2 Å². The molecule has 0 fully saturated rings. The van der Waals surface area contributed by atoms with Gasteiger partial charge in [-0.15, -0.1) is 10.2 Å². The molecule has 1 aromatic rings. The Balaban J connectivity index is 1.81. The Bertz CT molecular complexity index is 1880. The second kappa shape index (κ2) is 10.4. The summed E-state index contributed by atoms with van der Waals surface area (Å²) in [5.74, 6) is -0.255. The molecule has 0 saturated heterocycles. The van der Waals surface area contributed by atoms with Crippen LogP contribution in [0.4, 0.5) is 0 Å². The zero-order chi connectivity index (χ0) is 29.4. The summed E-state index contributed by atoms with van der Waals surface area (Å²) in [6.07, 6.45) is 10.3. The molecule has 0 amide bonds. The van der Waals surface area contributed by atoms with E-state index in [1.54, 1.807) is 24.3 Å². The summed E-state index contributed by atoms with van der Waals surface area (Å²) in [6.45, 7) is 0. The second-order valence-electron chi connectivity index (χ2n) is 8.16. The molecular weight excluding hydrogens is 566 g/mol. The Morgan fingerprint density at radius 1 is 0.875 bits per heavy atom. The van der Waals surface area contributed by atoms with Crippen LogP contribution in [-0.2, 0) is 29.7 Å². The maximum absolute atomic E-state index is 12.1. The number of ether oxygens (including phenoxy) is 2. The molecule has 14 nitrogen and oxygen atoms in total. The summed E-state index contributed by atoms with van der Waals surface area (Å²) < 4.78 is 77.0. The third-order valence-corrected chi connectivity index (χ3v) is 7.46. The van der Waals surface area contributed by atoms with Gasteiger partial charge in [0.2, 0.25) is 5.76 Å². The van der Waals surface area contributed by atoms with Crippen molar-refractivity contribution in [2.45, 2.75) is 4.90 Å². The van der Waals surface area contributed by atoms with Crippen molar-refractivity contribution in [1.82, 2.24) is 0 Å². The summed E-state index contributed by atoms with van der Waals surface area (Å²) in [5, 5.41) is 26.6. The molecule has 0 heterocycles. The normalized spacial score (nSPS) is 21.1. The van der Waals surface area contributed by atoms with E-state index in [2.05, 4.69) is 15.0 Å². The molecule has 3 aliphatic rings. The molecule has 4 N–H and O–H groups in total. The Morgan fingerprint density at radius 2 is 1.50 bits per heavy atom. The molecular formula is C24H19N5O9S2. The standard InChI is InChI=1S/C24H19N5O9S2/c1-37-19-8-12(3-5-16(19)27-26)13-4-6-17(20(9-13)38-2)28-29-24-21(40(34,35)36)10-14-7-15(39(31,32)33)11-18(30)22(14)23(24)25/h3-11,25,30H,1-2H3,(H,31,32,33)(H,34,35,36). The highest BCUT2D eigenvalue weighted by atomic mass is 32.2. The summed E-state index contributed by atoms with van der Waals surface area (Å²) in [4.78, 5) is 1.50. The van der Waals surface area contributed by atoms with Crippen LogP contribution < -0.4 is 0 Å². The lowest BCUT2D eigenvalue weighted by molar-refractivity contribution is -0.00675. The van der Waals surface area contributed by atoms with Gasteiger partial charge in [0, 0.05) is 12.1 Å². The fourth-order valence-corrected chi connectivity index (χ4v) is 5.09. The molecule has 0 atom stereocenters. The number of fused-ring (bicyclic) bond motifs is 1. The van der Waals surface area contributed by atoms with Gasteiger partial charge in [-0.3, -0.25) is 14.5 Å². The SMILES string of the molecule is COC1=CC(=C2C=CC(=[N+]=[N-])C(OC)=C2)C=CC1=NN=C1C(=N)c2c(O)cc(S(=O)(=O)O)cc2C=C1S(=O)(=O)O. The van der Waals surface area contributed by atoms with Crippen LogP contribution in [0.15, 0.2) is 91.3 Å². The largest absolute Gasteiger partial charge is 0.507 e. The van der Waals surface area contributed by atoms with E-state index in [4.69, 9.17) is 20.4 Å². The van der Waals surface area contributed by atoms with Crippen LogP contribution in [-0.4, -0.2) is 72.9 Å². The Labute approximate surface area is 227 Å². The summed E-state index contributed by atoms with van der Waals surface area (Å²) >= 11 is 0. The third-order valence-electron chi connectivity index (χ3n) is 5.76. The molecule has 0 spiro atoms. The van der Waals surface area contributed by atoms with E-state index in [1.165, 1.54) is 26.4 Å². The van der Waals surface area contributed by atoms with Crippen molar-refractivity contribution in [2.24, 2.45) is 10.2 Å². The van der Waals surface area contributed by atoms with E-state index >= 15 is 0 Å². The lowest BCUT2D eigenvalue weighted by Gasteiger charge is -2.19. The average Bonchev–Trinajstić information content (AvgIpc) is 2.90.